The molecule has 0 atom stereocenters. The second-order valence-electron chi connectivity index (χ2n) is 5.80. The number of nitrogens with zero attached hydrogens (tertiary/aromatic N) is 1. The highest BCUT2D eigenvalue weighted by molar-refractivity contribution is 5.91. The standard InChI is InChI=1S/C20H21NO4/c1-21(12-11-15-3-7-17(23-2)8-4-15)20(22)10-6-16-5-9-18-19(13-16)25-14-24-18/h3-10,13H,11-12,14H2,1-2H3/b10-6+. The Bertz CT molecular complexity index is 768. The van der Waals surface area contributed by atoms with E-state index in [0.29, 0.717) is 12.3 Å². The highest BCUT2D eigenvalue weighted by Gasteiger charge is 2.12. The third-order valence-corrected chi connectivity index (χ3v) is 4.09. The van der Waals surface area contributed by atoms with Crippen molar-refractivity contribution in [3.8, 4) is 17.2 Å². The molecule has 130 valence electrons. The maximum absolute atomic E-state index is 12.2. The van der Waals surface area contributed by atoms with Crippen molar-refractivity contribution in [1.82, 2.24) is 4.90 Å². The fourth-order valence-corrected chi connectivity index (χ4v) is 2.51. The zero-order valence-electron chi connectivity index (χ0n) is 14.4. The molecule has 0 bridgehead atoms. The Morgan fingerprint density at radius 1 is 1.16 bits per heavy atom. The van der Waals surface area contributed by atoms with Crippen molar-refractivity contribution >= 4 is 12.0 Å². The van der Waals surface area contributed by atoms with Crippen molar-refractivity contribution in [3.05, 3.63) is 59.7 Å². The summed E-state index contributed by atoms with van der Waals surface area (Å²) < 4.78 is 15.8. The summed E-state index contributed by atoms with van der Waals surface area (Å²) in [5, 5.41) is 0. The van der Waals surface area contributed by atoms with Gasteiger partial charge in [-0.3, -0.25) is 4.79 Å². The highest BCUT2D eigenvalue weighted by atomic mass is 16.7. The van der Waals surface area contributed by atoms with Gasteiger partial charge in [-0.25, -0.2) is 0 Å². The fourth-order valence-electron chi connectivity index (χ4n) is 2.51. The number of carbonyl (C=O) groups excluding carboxylic acids is 1. The Balaban J connectivity index is 1.53. The number of hydrogen-bond acceptors (Lipinski definition) is 4. The number of benzene rings is 2. The van der Waals surface area contributed by atoms with Crippen LogP contribution in [0.3, 0.4) is 0 Å². The number of rotatable bonds is 6. The Hall–Kier alpha value is -2.95. The molecule has 5 heteroatoms. The van der Waals surface area contributed by atoms with E-state index in [1.807, 2.05) is 42.5 Å². The van der Waals surface area contributed by atoms with Gasteiger partial charge in [0.1, 0.15) is 5.75 Å². The van der Waals surface area contributed by atoms with Gasteiger partial charge in [-0.15, -0.1) is 0 Å². The first kappa shape index (κ1) is 16.9. The minimum absolute atomic E-state index is 0.0359. The molecule has 0 aromatic heterocycles. The lowest BCUT2D eigenvalue weighted by atomic mass is 10.1. The van der Waals surface area contributed by atoms with E-state index in [1.54, 1.807) is 31.2 Å². The SMILES string of the molecule is COc1ccc(CCN(C)C(=O)/C=C/c2ccc3c(c2)OCO3)cc1. The summed E-state index contributed by atoms with van der Waals surface area (Å²) in [6, 6.07) is 13.5. The van der Waals surface area contributed by atoms with Crippen molar-refractivity contribution in [2.24, 2.45) is 0 Å². The van der Waals surface area contributed by atoms with E-state index < -0.39 is 0 Å². The molecule has 0 N–H and O–H groups in total. The smallest absolute Gasteiger partial charge is 0.246 e. The number of fused-ring (bicyclic) bond motifs is 1. The third kappa shape index (κ3) is 4.32. The molecule has 0 fully saturated rings. The first-order valence-electron chi connectivity index (χ1n) is 8.11. The molecule has 0 unspecified atom stereocenters. The Kier molecular flexibility index (Phi) is 5.23. The molecule has 2 aromatic carbocycles. The first-order valence-corrected chi connectivity index (χ1v) is 8.11. The van der Waals surface area contributed by atoms with Gasteiger partial charge >= 0.3 is 0 Å². The van der Waals surface area contributed by atoms with Gasteiger partial charge in [0.25, 0.3) is 0 Å². The second kappa shape index (κ2) is 7.75. The fraction of sp³-hybridized carbons (Fsp3) is 0.250. The molecule has 1 heterocycles. The molecule has 1 aliphatic heterocycles. The molecule has 2 aromatic rings. The monoisotopic (exact) mass is 339 g/mol. The van der Waals surface area contributed by atoms with Crippen molar-refractivity contribution in [3.63, 3.8) is 0 Å². The predicted octanol–water partition coefficient (Wildman–Crippen LogP) is 3.14. The number of amides is 1. The van der Waals surface area contributed by atoms with Crippen molar-refractivity contribution in [2.45, 2.75) is 6.42 Å². The average molecular weight is 339 g/mol. The number of carbonyl (C=O) groups is 1. The van der Waals surface area contributed by atoms with E-state index in [1.165, 1.54) is 5.56 Å². The summed E-state index contributed by atoms with van der Waals surface area (Å²) in [6.07, 6.45) is 4.16. The second-order valence-corrected chi connectivity index (χ2v) is 5.80. The van der Waals surface area contributed by atoms with E-state index in [0.717, 1.165) is 23.5 Å². The molecular weight excluding hydrogens is 318 g/mol. The summed E-state index contributed by atoms with van der Waals surface area (Å²) in [6.45, 7) is 0.895. The van der Waals surface area contributed by atoms with E-state index in [4.69, 9.17) is 14.2 Å². The summed E-state index contributed by atoms with van der Waals surface area (Å²) in [7, 11) is 3.45. The number of ether oxygens (including phenoxy) is 3. The maximum Gasteiger partial charge on any atom is 0.246 e. The van der Waals surface area contributed by atoms with Gasteiger partial charge in [0.15, 0.2) is 11.5 Å². The lowest BCUT2D eigenvalue weighted by molar-refractivity contribution is -0.124. The molecule has 5 nitrogen and oxygen atoms in total. The van der Waals surface area contributed by atoms with Crippen LogP contribution in [-0.2, 0) is 11.2 Å². The molecule has 3 rings (SSSR count). The Labute approximate surface area is 147 Å². The third-order valence-electron chi connectivity index (χ3n) is 4.09. The van der Waals surface area contributed by atoms with Gasteiger partial charge < -0.3 is 19.1 Å². The molecule has 0 saturated heterocycles. The minimum Gasteiger partial charge on any atom is -0.497 e. The molecule has 1 amide bonds. The largest absolute Gasteiger partial charge is 0.497 e. The topological polar surface area (TPSA) is 48.0 Å². The van der Waals surface area contributed by atoms with Crippen LogP contribution in [0.2, 0.25) is 0 Å². The van der Waals surface area contributed by atoms with Crippen LogP contribution < -0.4 is 14.2 Å². The van der Waals surface area contributed by atoms with Gasteiger partial charge in [-0.1, -0.05) is 18.2 Å². The quantitative estimate of drug-likeness (QED) is 0.759. The Morgan fingerprint density at radius 2 is 1.92 bits per heavy atom. The van der Waals surface area contributed by atoms with E-state index in [9.17, 15) is 4.79 Å². The van der Waals surface area contributed by atoms with Crippen LogP contribution in [0.25, 0.3) is 6.08 Å². The molecule has 0 radical (unpaired) electrons. The van der Waals surface area contributed by atoms with Gasteiger partial charge in [0.2, 0.25) is 12.7 Å². The van der Waals surface area contributed by atoms with Crippen molar-refractivity contribution in [1.29, 1.82) is 0 Å². The summed E-state index contributed by atoms with van der Waals surface area (Å²) in [4.78, 5) is 13.9. The van der Waals surface area contributed by atoms with Crippen LogP contribution in [0.1, 0.15) is 11.1 Å². The summed E-state index contributed by atoms with van der Waals surface area (Å²) in [5.74, 6) is 2.24. The number of likely N-dealkylation sites (N-methyl/N-ethyl adjacent to an activating group) is 1. The zero-order chi connectivity index (χ0) is 17.6. The van der Waals surface area contributed by atoms with Gasteiger partial charge in [-0.05, 0) is 47.9 Å². The van der Waals surface area contributed by atoms with Crippen LogP contribution in [0, 0.1) is 0 Å². The lowest BCUT2D eigenvalue weighted by Crippen LogP contribution is -2.27. The maximum atomic E-state index is 12.2. The van der Waals surface area contributed by atoms with E-state index in [-0.39, 0.29) is 12.7 Å². The first-order chi connectivity index (χ1) is 12.2. The average Bonchev–Trinajstić information content (AvgIpc) is 3.12. The number of methoxy groups -OCH3 is 1. The molecule has 25 heavy (non-hydrogen) atoms. The molecule has 0 saturated carbocycles. The molecular formula is C20H21NO4. The molecule has 1 aliphatic rings. The summed E-state index contributed by atoms with van der Waals surface area (Å²) >= 11 is 0. The normalized spacial score (nSPS) is 12.4. The van der Waals surface area contributed by atoms with Crippen LogP contribution in [0.4, 0.5) is 0 Å². The Morgan fingerprint density at radius 3 is 2.68 bits per heavy atom. The summed E-state index contributed by atoms with van der Waals surface area (Å²) in [5.41, 5.74) is 2.07. The van der Waals surface area contributed by atoms with Crippen molar-refractivity contribution < 1.29 is 19.0 Å². The van der Waals surface area contributed by atoms with Crippen LogP contribution in [0.5, 0.6) is 17.2 Å². The van der Waals surface area contributed by atoms with Crippen LogP contribution >= 0.6 is 0 Å². The predicted molar refractivity (Wildman–Crippen MR) is 95.9 cm³/mol. The number of hydrogen-bond donors (Lipinski definition) is 0. The molecule has 0 spiro atoms. The van der Waals surface area contributed by atoms with E-state index in [2.05, 4.69) is 0 Å². The van der Waals surface area contributed by atoms with Crippen LogP contribution in [-0.4, -0.2) is 38.3 Å². The highest BCUT2D eigenvalue weighted by Crippen LogP contribution is 2.32. The van der Waals surface area contributed by atoms with Crippen molar-refractivity contribution in [2.75, 3.05) is 27.5 Å². The minimum atomic E-state index is -0.0359. The van der Waals surface area contributed by atoms with Gasteiger partial charge in [0.05, 0.1) is 7.11 Å². The lowest BCUT2D eigenvalue weighted by Gasteiger charge is -2.15. The zero-order valence-corrected chi connectivity index (χ0v) is 14.4. The van der Waals surface area contributed by atoms with Gasteiger partial charge in [-0.2, -0.15) is 0 Å². The van der Waals surface area contributed by atoms with Gasteiger partial charge in [0, 0.05) is 19.7 Å². The van der Waals surface area contributed by atoms with E-state index >= 15 is 0 Å². The van der Waals surface area contributed by atoms with Crippen LogP contribution in [0.15, 0.2) is 48.5 Å². The molecule has 0 aliphatic carbocycles.